The second kappa shape index (κ2) is 4.01. The zero-order chi connectivity index (χ0) is 10.8. The van der Waals surface area contributed by atoms with Gasteiger partial charge in [-0.25, -0.2) is 0 Å². The van der Waals surface area contributed by atoms with Crippen LogP contribution in [0, 0.1) is 0 Å². The Kier molecular flexibility index (Phi) is 3.17. The average Bonchev–Trinajstić information content (AvgIpc) is 2.01. The third kappa shape index (κ3) is 3.04. The van der Waals surface area contributed by atoms with Gasteiger partial charge in [0.05, 0.1) is 6.10 Å². The second-order valence-corrected chi connectivity index (χ2v) is 4.42. The monoisotopic (exact) mass is 193 g/mol. The summed E-state index contributed by atoms with van der Waals surface area (Å²) < 4.78 is 5.59. The molecular weight excluding hydrogens is 174 g/mol. The Hall–Kier alpha value is -1.02. The van der Waals surface area contributed by atoms with Gasteiger partial charge in [-0.15, -0.1) is 0 Å². The van der Waals surface area contributed by atoms with Crippen molar-refractivity contribution in [1.82, 2.24) is 0 Å². The van der Waals surface area contributed by atoms with Crippen LogP contribution in [-0.4, -0.2) is 6.10 Å². The summed E-state index contributed by atoms with van der Waals surface area (Å²) in [6.07, 6.45) is 0.200. The van der Waals surface area contributed by atoms with Crippen LogP contribution in [0.2, 0.25) is 0 Å². The van der Waals surface area contributed by atoms with Gasteiger partial charge in [0.1, 0.15) is 5.75 Å². The number of hydrogen-bond donors (Lipinski definition) is 1. The van der Waals surface area contributed by atoms with Crippen molar-refractivity contribution < 1.29 is 4.74 Å². The van der Waals surface area contributed by atoms with E-state index in [1.54, 1.807) is 0 Å². The van der Waals surface area contributed by atoms with Gasteiger partial charge in [-0.2, -0.15) is 0 Å². The molecule has 0 fully saturated rings. The van der Waals surface area contributed by atoms with Crippen molar-refractivity contribution in [2.45, 2.75) is 39.3 Å². The van der Waals surface area contributed by atoms with Crippen molar-refractivity contribution in [3.05, 3.63) is 29.8 Å². The average molecular weight is 193 g/mol. The fourth-order valence-electron chi connectivity index (χ4n) is 1.24. The minimum Gasteiger partial charge on any atom is -0.491 e. The number of nitrogens with two attached hydrogens (primary N) is 1. The predicted molar refractivity (Wildman–Crippen MR) is 59.4 cm³/mol. The Morgan fingerprint density at radius 1 is 1.29 bits per heavy atom. The Morgan fingerprint density at radius 2 is 1.93 bits per heavy atom. The molecular formula is C12H19NO. The molecule has 1 aromatic rings. The Labute approximate surface area is 86.1 Å². The molecule has 0 heterocycles. The van der Waals surface area contributed by atoms with E-state index < -0.39 is 0 Å². The summed E-state index contributed by atoms with van der Waals surface area (Å²) >= 11 is 0. The standard InChI is InChI=1S/C12H19NO/c1-9(2)14-11-7-5-6-10(8-11)12(3,4)13/h5-9H,13H2,1-4H3. The van der Waals surface area contributed by atoms with Gasteiger partial charge in [-0.1, -0.05) is 12.1 Å². The summed E-state index contributed by atoms with van der Waals surface area (Å²) in [6.45, 7) is 8.00. The quantitative estimate of drug-likeness (QED) is 0.801. The van der Waals surface area contributed by atoms with E-state index in [1.807, 2.05) is 52.0 Å². The topological polar surface area (TPSA) is 35.2 Å². The minimum atomic E-state index is -0.309. The molecule has 0 aliphatic rings. The highest BCUT2D eigenvalue weighted by Crippen LogP contribution is 2.22. The molecule has 0 spiro atoms. The van der Waals surface area contributed by atoms with Gasteiger partial charge in [0.15, 0.2) is 0 Å². The summed E-state index contributed by atoms with van der Waals surface area (Å²) in [7, 11) is 0. The largest absolute Gasteiger partial charge is 0.491 e. The van der Waals surface area contributed by atoms with E-state index in [9.17, 15) is 0 Å². The number of rotatable bonds is 3. The van der Waals surface area contributed by atoms with Crippen molar-refractivity contribution in [1.29, 1.82) is 0 Å². The third-order valence-electron chi connectivity index (χ3n) is 1.95. The van der Waals surface area contributed by atoms with Gasteiger partial charge >= 0.3 is 0 Å². The lowest BCUT2D eigenvalue weighted by molar-refractivity contribution is 0.242. The lowest BCUT2D eigenvalue weighted by Gasteiger charge is -2.20. The molecule has 78 valence electrons. The van der Waals surface area contributed by atoms with E-state index in [0.717, 1.165) is 11.3 Å². The molecule has 0 saturated carbocycles. The summed E-state index contributed by atoms with van der Waals surface area (Å²) in [5.74, 6) is 0.885. The van der Waals surface area contributed by atoms with Gasteiger partial charge in [0.25, 0.3) is 0 Å². The van der Waals surface area contributed by atoms with E-state index in [0.29, 0.717) is 0 Å². The molecule has 0 amide bonds. The third-order valence-corrected chi connectivity index (χ3v) is 1.95. The lowest BCUT2D eigenvalue weighted by atomic mass is 9.96. The number of hydrogen-bond acceptors (Lipinski definition) is 2. The van der Waals surface area contributed by atoms with Crippen molar-refractivity contribution in [3.8, 4) is 5.75 Å². The molecule has 0 atom stereocenters. The summed E-state index contributed by atoms with van der Waals surface area (Å²) in [6, 6.07) is 7.95. The zero-order valence-corrected chi connectivity index (χ0v) is 9.37. The molecule has 0 saturated heterocycles. The molecule has 0 radical (unpaired) electrons. The fraction of sp³-hybridized carbons (Fsp3) is 0.500. The Bertz CT molecular complexity index is 299. The molecule has 1 rings (SSSR count). The smallest absolute Gasteiger partial charge is 0.120 e. The molecule has 2 N–H and O–H groups in total. The highest BCUT2D eigenvalue weighted by Gasteiger charge is 2.14. The van der Waals surface area contributed by atoms with Gasteiger partial charge in [-0.3, -0.25) is 0 Å². The van der Waals surface area contributed by atoms with Crippen LogP contribution < -0.4 is 10.5 Å². The van der Waals surface area contributed by atoms with Crippen molar-refractivity contribution in [2.75, 3.05) is 0 Å². The first-order valence-corrected chi connectivity index (χ1v) is 4.95. The highest BCUT2D eigenvalue weighted by molar-refractivity contribution is 5.32. The summed E-state index contributed by atoms with van der Waals surface area (Å²) in [5.41, 5.74) is 6.78. The summed E-state index contributed by atoms with van der Waals surface area (Å²) in [5, 5.41) is 0. The fourth-order valence-corrected chi connectivity index (χ4v) is 1.24. The van der Waals surface area contributed by atoms with E-state index in [2.05, 4.69) is 0 Å². The lowest BCUT2D eigenvalue weighted by Crippen LogP contribution is -2.28. The van der Waals surface area contributed by atoms with E-state index in [4.69, 9.17) is 10.5 Å². The first-order valence-electron chi connectivity index (χ1n) is 4.95. The highest BCUT2D eigenvalue weighted by atomic mass is 16.5. The predicted octanol–water partition coefficient (Wildman–Crippen LogP) is 2.67. The molecule has 14 heavy (non-hydrogen) atoms. The van der Waals surface area contributed by atoms with Crippen molar-refractivity contribution in [2.24, 2.45) is 5.73 Å². The normalized spacial score (nSPS) is 11.9. The van der Waals surface area contributed by atoms with Crippen LogP contribution in [0.4, 0.5) is 0 Å². The number of benzene rings is 1. The van der Waals surface area contributed by atoms with Gasteiger partial charge in [0, 0.05) is 5.54 Å². The van der Waals surface area contributed by atoms with Crippen molar-refractivity contribution >= 4 is 0 Å². The van der Waals surface area contributed by atoms with Crippen LogP contribution in [-0.2, 0) is 5.54 Å². The van der Waals surface area contributed by atoms with Gasteiger partial charge in [0.2, 0.25) is 0 Å². The molecule has 0 bridgehead atoms. The maximum absolute atomic E-state index is 6.00. The first kappa shape index (κ1) is 11.1. The minimum absolute atomic E-state index is 0.200. The van der Waals surface area contributed by atoms with Gasteiger partial charge < -0.3 is 10.5 Å². The van der Waals surface area contributed by atoms with E-state index >= 15 is 0 Å². The van der Waals surface area contributed by atoms with Crippen molar-refractivity contribution in [3.63, 3.8) is 0 Å². The molecule has 0 aliphatic carbocycles. The SMILES string of the molecule is CC(C)Oc1cccc(C(C)(C)N)c1. The van der Waals surface area contributed by atoms with Crippen LogP contribution in [0.3, 0.4) is 0 Å². The Balaban J connectivity index is 2.90. The van der Waals surface area contributed by atoms with Gasteiger partial charge in [-0.05, 0) is 45.4 Å². The summed E-state index contributed by atoms with van der Waals surface area (Å²) in [4.78, 5) is 0. The molecule has 2 heteroatoms. The van der Waals surface area contributed by atoms with Crippen LogP contribution in [0.5, 0.6) is 5.75 Å². The molecule has 1 aromatic carbocycles. The molecule has 0 aliphatic heterocycles. The Morgan fingerprint density at radius 3 is 2.43 bits per heavy atom. The maximum Gasteiger partial charge on any atom is 0.120 e. The zero-order valence-electron chi connectivity index (χ0n) is 9.37. The molecule has 0 unspecified atom stereocenters. The van der Waals surface area contributed by atoms with Crippen LogP contribution in [0.1, 0.15) is 33.3 Å². The maximum atomic E-state index is 6.00. The van der Waals surface area contributed by atoms with E-state index in [1.165, 1.54) is 0 Å². The second-order valence-electron chi connectivity index (χ2n) is 4.42. The van der Waals surface area contributed by atoms with Crippen LogP contribution in [0.15, 0.2) is 24.3 Å². The van der Waals surface area contributed by atoms with Crippen LogP contribution in [0.25, 0.3) is 0 Å². The number of ether oxygens (including phenoxy) is 1. The molecule has 0 aromatic heterocycles. The molecule has 2 nitrogen and oxygen atoms in total. The van der Waals surface area contributed by atoms with E-state index in [-0.39, 0.29) is 11.6 Å². The van der Waals surface area contributed by atoms with Crippen LogP contribution >= 0.6 is 0 Å². The first-order chi connectivity index (χ1) is 6.39.